The van der Waals surface area contributed by atoms with Gasteiger partial charge in [0.15, 0.2) is 0 Å². The largest absolute Gasteiger partial charge is 0.457 e. The van der Waals surface area contributed by atoms with Crippen LogP contribution in [0.3, 0.4) is 0 Å². The highest BCUT2D eigenvalue weighted by Crippen LogP contribution is 2.24. The van der Waals surface area contributed by atoms with Gasteiger partial charge >= 0.3 is 0 Å². The predicted molar refractivity (Wildman–Crippen MR) is 76.3 cm³/mol. The van der Waals surface area contributed by atoms with Crippen molar-refractivity contribution in [2.24, 2.45) is 0 Å². The van der Waals surface area contributed by atoms with E-state index in [9.17, 15) is 4.39 Å². The highest BCUT2D eigenvalue weighted by molar-refractivity contribution is 5.48. The maximum absolute atomic E-state index is 13.0. The summed E-state index contributed by atoms with van der Waals surface area (Å²) in [5.74, 6) is 0.880. The molecule has 0 bridgehead atoms. The molecule has 0 aliphatic rings. The summed E-state index contributed by atoms with van der Waals surface area (Å²) in [5.41, 5.74) is 1.05. The molecule has 0 unspecified atom stereocenters. The molecule has 2 aromatic carbocycles. The summed E-state index contributed by atoms with van der Waals surface area (Å²) in [4.78, 5) is 0. The lowest BCUT2D eigenvalue weighted by atomic mass is 10.1. The zero-order chi connectivity index (χ0) is 13.9. The van der Waals surface area contributed by atoms with Gasteiger partial charge < -0.3 is 10.1 Å². The van der Waals surface area contributed by atoms with E-state index in [1.165, 1.54) is 12.1 Å². The molecule has 0 amide bonds. The monoisotopic (exact) mass is 259 g/mol. The lowest BCUT2D eigenvalue weighted by Gasteiger charge is -2.22. The molecule has 0 radical (unpaired) electrons. The van der Waals surface area contributed by atoms with Gasteiger partial charge in [-0.3, -0.25) is 0 Å². The highest BCUT2D eigenvalue weighted by atomic mass is 19.1. The van der Waals surface area contributed by atoms with Gasteiger partial charge in [0, 0.05) is 17.3 Å². The molecular weight excluding hydrogens is 241 g/mol. The average molecular weight is 259 g/mol. The molecule has 0 spiro atoms. The van der Waals surface area contributed by atoms with E-state index in [0.29, 0.717) is 11.5 Å². The van der Waals surface area contributed by atoms with Gasteiger partial charge in [-0.1, -0.05) is 6.07 Å². The highest BCUT2D eigenvalue weighted by Gasteiger charge is 2.08. The van der Waals surface area contributed by atoms with E-state index < -0.39 is 0 Å². The molecule has 0 aliphatic heterocycles. The molecule has 2 rings (SSSR count). The quantitative estimate of drug-likeness (QED) is 0.852. The molecule has 0 aliphatic carbocycles. The van der Waals surface area contributed by atoms with Crippen LogP contribution in [0.5, 0.6) is 11.5 Å². The minimum absolute atomic E-state index is 0.0188. The van der Waals surface area contributed by atoms with Crippen LogP contribution >= 0.6 is 0 Å². The molecule has 0 saturated carbocycles. The Morgan fingerprint density at radius 1 is 0.947 bits per heavy atom. The van der Waals surface area contributed by atoms with Crippen molar-refractivity contribution in [3.05, 3.63) is 54.3 Å². The van der Waals surface area contributed by atoms with Gasteiger partial charge in [0.2, 0.25) is 0 Å². The molecule has 0 fully saturated rings. The van der Waals surface area contributed by atoms with Crippen molar-refractivity contribution < 1.29 is 9.13 Å². The van der Waals surface area contributed by atoms with Crippen molar-refractivity contribution in [1.29, 1.82) is 0 Å². The van der Waals surface area contributed by atoms with Crippen LogP contribution in [0.25, 0.3) is 0 Å². The Morgan fingerprint density at radius 2 is 1.63 bits per heavy atom. The number of hydrogen-bond acceptors (Lipinski definition) is 2. The first-order valence-corrected chi connectivity index (χ1v) is 6.24. The first kappa shape index (κ1) is 13.4. The molecule has 2 nitrogen and oxygen atoms in total. The Labute approximate surface area is 113 Å². The van der Waals surface area contributed by atoms with E-state index >= 15 is 0 Å². The van der Waals surface area contributed by atoms with Gasteiger partial charge in [0.1, 0.15) is 17.3 Å². The molecule has 19 heavy (non-hydrogen) atoms. The van der Waals surface area contributed by atoms with Crippen molar-refractivity contribution in [2.75, 3.05) is 5.32 Å². The SMILES string of the molecule is CC(C)(C)Nc1ccc(Oc2cccc(F)c2)cc1. The number of nitrogens with one attached hydrogen (secondary N) is 1. The molecule has 3 heteroatoms. The van der Waals surface area contributed by atoms with Crippen LogP contribution < -0.4 is 10.1 Å². The van der Waals surface area contributed by atoms with E-state index in [-0.39, 0.29) is 11.4 Å². The zero-order valence-corrected chi connectivity index (χ0v) is 11.4. The molecule has 1 N–H and O–H groups in total. The second-order valence-electron chi connectivity index (χ2n) is 5.46. The van der Waals surface area contributed by atoms with Crippen LogP contribution in [-0.2, 0) is 0 Å². The van der Waals surface area contributed by atoms with Crippen LogP contribution in [0.1, 0.15) is 20.8 Å². The second kappa shape index (κ2) is 5.31. The Hall–Kier alpha value is -2.03. The summed E-state index contributed by atoms with van der Waals surface area (Å²) in [6.45, 7) is 6.30. The first-order valence-electron chi connectivity index (χ1n) is 6.24. The lowest BCUT2D eigenvalue weighted by Crippen LogP contribution is -2.25. The summed E-state index contributed by atoms with van der Waals surface area (Å²) in [6, 6.07) is 13.7. The fraction of sp³-hybridized carbons (Fsp3) is 0.250. The maximum Gasteiger partial charge on any atom is 0.130 e. The van der Waals surface area contributed by atoms with Gasteiger partial charge in [0.05, 0.1) is 0 Å². The number of benzene rings is 2. The number of anilines is 1. The third-order valence-corrected chi connectivity index (χ3v) is 2.41. The topological polar surface area (TPSA) is 21.3 Å². The second-order valence-corrected chi connectivity index (χ2v) is 5.46. The minimum atomic E-state index is -0.302. The first-order chi connectivity index (χ1) is 8.92. The Balaban J connectivity index is 2.07. The van der Waals surface area contributed by atoms with E-state index in [1.54, 1.807) is 12.1 Å². The van der Waals surface area contributed by atoms with Crippen molar-refractivity contribution in [2.45, 2.75) is 26.3 Å². The Bertz CT molecular complexity index is 543. The van der Waals surface area contributed by atoms with E-state index in [2.05, 4.69) is 26.1 Å². The summed E-state index contributed by atoms with van der Waals surface area (Å²) in [7, 11) is 0. The predicted octanol–water partition coefficient (Wildman–Crippen LogP) is 4.83. The fourth-order valence-electron chi connectivity index (χ4n) is 1.71. The number of hydrogen-bond donors (Lipinski definition) is 1. The van der Waals surface area contributed by atoms with Gasteiger partial charge in [-0.25, -0.2) is 4.39 Å². The summed E-state index contributed by atoms with van der Waals surface area (Å²) < 4.78 is 18.6. The lowest BCUT2D eigenvalue weighted by molar-refractivity contribution is 0.477. The molecular formula is C16H18FNO. The summed E-state index contributed by atoms with van der Waals surface area (Å²) >= 11 is 0. The van der Waals surface area contributed by atoms with Crippen molar-refractivity contribution in [1.82, 2.24) is 0 Å². The minimum Gasteiger partial charge on any atom is -0.457 e. The maximum atomic E-state index is 13.0. The molecule has 0 aromatic heterocycles. The number of ether oxygens (including phenoxy) is 1. The molecule has 0 heterocycles. The molecule has 100 valence electrons. The van der Waals surface area contributed by atoms with Crippen molar-refractivity contribution in [3.8, 4) is 11.5 Å². The third kappa shape index (κ3) is 4.28. The number of halogens is 1. The van der Waals surface area contributed by atoms with Crippen LogP contribution in [0.4, 0.5) is 10.1 Å². The smallest absolute Gasteiger partial charge is 0.130 e. The van der Waals surface area contributed by atoms with Crippen LogP contribution in [0, 0.1) is 5.82 Å². The average Bonchev–Trinajstić information content (AvgIpc) is 2.30. The van der Waals surface area contributed by atoms with Crippen LogP contribution in [-0.4, -0.2) is 5.54 Å². The zero-order valence-electron chi connectivity index (χ0n) is 11.4. The fourth-order valence-corrected chi connectivity index (χ4v) is 1.71. The summed E-state index contributed by atoms with van der Waals surface area (Å²) in [5, 5.41) is 3.37. The number of rotatable bonds is 3. The van der Waals surface area contributed by atoms with E-state index in [0.717, 1.165) is 5.69 Å². The standard InChI is InChI=1S/C16H18FNO/c1-16(2,3)18-13-7-9-14(10-8-13)19-15-6-4-5-12(17)11-15/h4-11,18H,1-3H3. The van der Waals surface area contributed by atoms with Gasteiger partial charge in [-0.2, -0.15) is 0 Å². The van der Waals surface area contributed by atoms with Gasteiger partial charge in [-0.15, -0.1) is 0 Å². The molecule has 2 aromatic rings. The van der Waals surface area contributed by atoms with Crippen LogP contribution in [0.2, 0.25) is 0 Å². The van der Waals surface area contributed by atoms with Gasteiger partial charge in [0.25, 0.3) is 0 Å². The van der Waals surface area contributed by atoms with Gasteiger partial charge in [-0.05, 0) is 57.2 Å². The molecule has 0 atom stereocenters. The van der Waals surface area contributed by atoms with Crippen LogP contribution in [0.15, 0.2) is 48.5 Å². The molecule has 0 saturated heterocycles. The third-order valence-electron chi connectivity index (χ3n) is 2.41. The van der Waals surface area contributed by atoms with E-state index in [4.69, 9.17) is 4.74 Å². The van der Waals surface area contributed by atoms with Crippen molar-refractivity contribution in [3.63, 3.8) is 0 Å². The van der Waals surface area contributed by atoms with E-state index in [1.807, 2.05) is 24.3 Å². The Kier molecular flexibility index (Phi) is 3.74. The normalized spacial score (nSPS) is 11.2. The van der Waals surface area contributed by atoms with Crippen molar-refractivity contribution >= 4 is 5.69 Å². The summed E-state index contributed by atoms with van der Waals surface area (Å²) in [6.07, 6.45) is 0. The Morgan fingerprint density at radius 3 is 2.21 bits per heavy atom.